The normalized spacial score (nSPS) is 22.9. The van der Waals surface area contributed by atoms with Crippen LogP contribution in [0.4, 0.5) is 0 Å². The quantitative estimate of drug-likeness (QED) is 0.800. The molecule has 1 aliphatic rings. The third-order valence-corrected chi connectivity index (χ3v) is 3.93. The number of ether oxygens (including phenoxy) is 2. The Morgan fingerprint density at radius 2 is 2.05 bits per heavy atom. The Hall–Kier alpha value is -0.900. The minimum absolute atomic E-state index is 0.247. The first-order valence-electron chi connectivity index (χ1n) is 7.11. The predicted molar refractivity (Wildman–Crippen MR) is 77.5 cm³/mol. The molecule has 3 nitrogen and oxygen atoms in total. The Bertz CT molecular complexity index is 385. The maximum absolute atomic E-state index is 6.00. The van der Waals surface area contributed by atoms with Crippen molar-refractivity contribution in [2.24, 2.45) is 5.92 Å². The molecular formula is C16H25NO2. The molecule has 106 valence electrons. The maximum atomic E-state index is 6.00. The van der Waals surface area contributed by atoms with E-state index in [-0.39, 0.29) is 6.10 Å². The number of nitrogens with one attached hydrogen (secondary N) is 1. The van der Waals surface area contributed by atoms with Crippen LogP contribution in [0, 0.1) is 19.8 Å². The van der Waals surface area contributed by atoms with Crippen molar-refractivity contribution < 1.29 is 9.47 Å². The summed E-state index contributed by atoms with van der Waals surface area (Å²) in [6, 6.07) is 6.48. The second-order valence-corrected chi connectivity index (χ2v) is 5.34. The van der Waals surface area contributed by atoms with E-state index >= 15 is 0 Å². The molecule has 0 amide bonds. The molecule has 2 atom stereocenters. The summed E-state index contributed by atoms with van der Waals surface area (Å²) >= 11 is 0. The molecule has 0 bridgehead atoms. The van der Waals surface area contributed by atoms with Crippen molar-refractivity contribution in [2.75, 3.05) is 33.4 Å². The second-order valence-electron chi connectivity index (χ2n) is 5.34. The molecular weight excluding hydrogens is 238 g/mol. The van der Waals surface area contributed by atoms with E-state index in [0.717, 1.165) is 32.7 Å². The van der Waals surface area contributed by atoms with Crippen LogP contribution in [0.5, 0.6) is 0 Å². The predicted octanol–water partition coefficient (Wildman–Crippen LogP) is 2.62. The van der Waals surface area contributed by atoms with Gasteiger partial charge in [0.1, 0.15) is 0 Å². The third-order valence-electron chi connectivity index (χ3n) is 3.93. The Morgan fingerprint density at radius 1 is 1.32 bits per heavy atom. The van der Waals surface area contributed by atoms with Crippen LogP contribution in [0.25, 0.3) is 0 Å². The van der Waals surface area contributed by atoms with Crippen LogP contribution in [0.2, 0.25) is 0 Å². The lowest BCUT2D eigenvalue weighted by Crippen LogP contribution is -2.28. The van der Waals surface area contributed by atoms with Crippen molar-refractivity contribution in [1.29, 1.82) is 0 Å². The van der Waals surface area contributed by atoms with Gasteiger partial charge in [0, 0.05) is 32.7 Å². The fraction of sp³-hybridized carbons (Fsp3) is 0.625. The molecule has 0 aromatic heterocycles. The van der Waals surface area contributed by atoms with Gasteiger partial charge in [0.2, 0.25) is 0 Å². The van der Waals surface area contributed by atoms with Gasteiger partial charge in [-0.15, -0.1) is 0 Å². The molecule has 0 radical (unpaired) electrons. The van der Waals surface area contributed by atoms with Gasteiger partial charge in [0.05, 0.1) is 12.7 Å². The van der Waals surface area contributed by atoms with Gasteiger partial charge in [-0.3, -0.25) is 0 Å². The fourth-order valence-corrected chi connectivity index (χ4v) is 2.90. The highest BCUT2D eigenvalue weighted by Gasteiger charge is 2.31. The van der Waals surface area contributed by atoms with Crippen molar-refractivity contribution in [1.82, 2.24) is 5.32 Å². The molecule has 0 aliphatic carbocycles. The Kier molecular flexibility index (Phi) is 5.37. The Labute approximate surface area is 116 Å². The molecule has 1 aromatic rings. The van der Waals surface area contributed by atoms with Gasteiger partial charge in [-0.05, 0) is 37.0 Å². The molecule has 1 fully saturated rings. The van der Waals surface area contributed by atoms with E-state index in [4.69, 9.17) is 9.47 Å². The zero-order chi connectivity index (χ0) is 13.7. The van der Waals surface area contributed by atoms with Gasteiger partial charge in [0.15, 0.2) is 0 Å². The number of hydrogen-bond donors (Lipinski definition) is 1. The fourth-order valence-electron chi connectivity index (χ4n) is 2.90. The molecule has 1 saturated heterocycles. The standard InChI is InChI=1S/C16H25NO2/c1-12-5-4-6-13(2)15(12)16-14(7-9-19-16)11-17-8-10-18-3/h4-6,14,16-17H,7-11H2,1-3H3. The SMILES string of the molecule is COCCNCC1CCOC1c1c(C)cccc1C. The van der Waals surface area contributed by atoms with E-state index in [1.165, 1.54) is 16.7 Å². The van der Waals surface area contributed by atoms with Crippen LogP contribution in [0.15, 0.2) is 18.2 Å². The molecule has 19 heavy (non-hydrogen) atoms. The van der Waals surface area contributed by atoms with Gasteiger partial charge in [0.25, 0.3) is 0 Å². The Morgan fingerprint density at radius 3 is 2.74 bits per heavy atom. The van der Waals surface area contributed by atoms with Crippen molar-refractivity contribution in [3.63, 3.8) is 0 Å². The van der Waals surface area contributed by atoms with Crippen LogP contribution in [0.3, 0.4) is 0 Å². The van der Waals surface area contributed by atoms with E-state index in [2.05, 4.69) is 37.4 Å². The van der Waals surface area contributed by atoms with E-state index in [1.807, 2.05) is 0 Å². The summed E-state index contributed by atoms with van der Waals surface area (Å²) in [6.07, 6.45) is 1.38. The molecule has 1 aliphatic heterocycles. The first-order valence-corrected chi connectivity index (χ1v) is 7.11. The van der Waals surface area contributed by atoms with Gasteiger partial charge < -0.3 is 14.8 Å². The lowest BCUT2D eigenvalue weighted by atomic mass is 9.89. The Balaban J connectivity index is 2.02. The number of hydrogen-bond acceptors (Lipinski definition) is 3. The molecule has 1 N–H and O–H groups in total. The highest BCUT2D eigenvalue weighted by atomic mass is 16.5. The largest absolute Gasteiger partial charge is 0.383 e. The summed E-state index contributed by atoms with van der Waals surface area (Å²) in [6.45, 7) is 7.91. The van der Waals surface area contributed by atoms with Crippen LogP contribution in [-0.2, 0) is 9.47 Å². The number of rotatable bonds is 6. The molecule has 2 unspecified atom stereocenters. The van der Waals surface area contributed by atoms with Crippen LogP contribution < -0.4 is 5.32 Å². The van der Waals surface area contributed by atoms with Gasteiger partial charge in [-0.25, -0.2) is 0 Å². The maximum Gasteiger partial charge on any atom is 0.0871 e. The lowest BCUT2D eigenvalue weighted by Gasteiger charge is -2.23. The summed E-state index contributed by atoms with van der Waals surface area (Å²) in [7, 11) is 1.74. The van der Waals surface area contributed by atoms with Gasteiger partial charge in [-0.2, -0.15) is 0 Å². The lowest BCUT2D eigenvalue weighted by molar-refractivity contribution is 0.0888. The van der Waals surface area contributed by atoms with E-state index in [9.17, 15) is 0 Å². The molecule has 0 saturated carbocycles. The summed E-state index contributed by atoms with van der Waals surface area (Å²) in [5, 5.41) is 3.46. The average molecular weight is 263 g/mol. The second kappa shape index (κ2) is 7.04. The monoisotopic (exact) mass is 263 g/mol. The van der Waals surface area contributed by atoms with Gasteiger partial charge >= 0.3 is 0 Å². The van der Waals surface area contributed by atoms with Crippen molar-refractivity contribution in [3.8, 4) is 0 Å². The van der Waals surface area contributed by atoms with Gasteiger partial charge in [-0.1, -0.05) is 18.2 Å². The first kappa shape index (κ1) is 14.5. The number of aryl methyl sites for hydroxylation is 2. The zero-order valence-electron chi connectivity index (χ0n) is 12.2. The van der Waals surface area contributed by atoms with E-state index < -0.39 is 0 Å². The zero-order valence-corrected chi connectivity index (χ0v) is 12.2. The first-order chi connectivity index (χ1) is 9.24. The molecule has 1 aromatic carbocycles. The highest BCUT2D eigenvalue weighted by molar-refractivity contribution is 5.36. The van der Waals surface area contributed by atoms with Crippen LogP contribution >= 0.6 is 0 Å². The summed E-state index contributed by atoms with van der Waals surface area (Å²) in [5.74, 6) is 0.566. The number of benzene rings is 1. The van der Waals surface area contributed by atoms with Crippen molar-refractivity contribution >= 4 is 0 Å². The average Bonchev–Trinajstić information content (AvgIpc) is 2.83. The van der Waals surface area contributed by atoms with Crippen molar-refractivity contribution in [2.45, 2.75) is 26.4 Å². The number of methoxy groups -OCH3 is 1. The van der Waals surface area contributed by atoms with Crippen molar-refractivity contribution in [3.05, 3.63) is 34.9 Å². The molecule has 1 heterocycles. The molecule has 3 heteroatoms. The minimum Gasteiger partial charge on any atom is -0.383 e. The van der Waals surface area contributed by atoms with E-state index in [1.54, 1.807) is 7.11 Å². The summed E-state index contributed by atoms with van der Waals surface area (Å²) in [4.78, 5) is 0. The van der Waals surface area contributed by atoms with Crippen LogP contribution in [-0.4, -0.2) is 33.4 Å². The summed E-state index contributed by atoms with van der Waals surface area (Å²) < 4.78 is 11.1. The molecule has 2 rings (SSSR count). The summed E-state index contributed by atoms with van der Waals surface area (Å²) in [5.41, 5.74) is 4.07. The topological polar surface area (TPSA) is 30.5 Å². The smallest absolute Gasteiger partial charge is 0.0871 e. The van der Waals surface area contributed by atoms with E-state index in [0.29, 0.717) is 5.92 Å². The van der Waals surface area contributed by atoms with Crippen LogP contribution in [0.1, 0.15) is 29.2 Å². The minimum atomic E-state index is 0.247. The third kappa shape index (κ3) is 3.56. The molecule has 0 spiro atoms. The highest BCUT2D eigenvalue weighted by Crippen LogP contribution is 2.37.